The number of rotatable bonds is 5. The second-order valence-electron chi connectivity index (χ2n) is 6.91. The Labute approximate surface area is 159 Å². The second kappa shape index (κ2) is 7.86. The van der Waals surface area contributed by atoms with Crippen molar-refractivity contribution in [2.45, 2.75) is 6.04 Å². The highest BCUT2D eigenvalue weighted by Crippen LogP contribution is 2.25. The number of hydrogen-bond donors (Lipinski definition) is 1. The first-order chi connectivity index (χ1) is 13.2. The maximum Gasteiger partial charge on any atom is 0.262 e. The standard InChI is InChI=1S/C22H23N3O2/c26-21-19-8-4-5-9-20(19)22(27)25(21)18(16-24-14-12-23-13-15-24)11-10-17-6-2-1-3-7-17/h1-11,18,23H,12-16H2/b11-10+. The molecule has 0 saturated carbocycles. The van der Waals surface area contributed by atoms with Gasteiger partial charge in [0.15, 0.2) is 0 Å². The third kappa shape index (κ3) is 3.70. The van der Waals surface area contributed by atoms with E-state index >= 15 is 0 Å². The Balaban J connectivity index is 1.62. The van der Waals surface area contributed by atoms with E-state index < -0.39 is 0 Å². The minimum absolute atomic E-state index is 0.201. The van der Waals surface area contributed by atoms with Crippen LogP contribution >= 0.6 is 0 Å². The van der Waals surface area contributed by atoms with Crippen molar-refractivity contribution in [3.05, 3.63) is 77.4 Å². The van der Waals surface area contributed by atoms with E-state index in [2.05, 4.69) is 10.2 Å². The summed E-state index contributed by atoms with van der Waals surface area (Å²) in [5.41, 5.74) is 2.06. The molecule has 138 valence electrons. The Morgan fingerprint density at radius 3 is 2.11 bits per heavy atom. The molecule has 1 N–H and O–H groups in total. The van der Waals surface area contributed by atoms with Gasteiger partial charge in [0.05, 0.1) is 17.2 Å². The summed E-state index contributed by atoms with van der Waals surface area (Å²) in [6, 6.07) is 16.7. The van der Waals surface area contributed by atoms with Crippen molar-refractivity contribution < 1.29 is 9.59 Å². The van der Waals surface area contributed by atoms with E-state index in [1.807, 2.05) is 42.5 Å². The minimum Gasteiger partial charge on any atom is -0.314 e. The zero-order chi connectivity index (χ0) is 18.6. The highest BCUT2D eigenvalue weighted by Gasteiger charge is 2.39. The third-order valence-corrected chi connectivity index (χ3v) is 5.12. The molecule has 4 rings (SSSR count). The van der Waals surface area contributed by atoms with Crippen LogP contribution in [0, 0.1) is 0 Å². The minimum atomic E-state index is -0.296. The van der Waals surface area contributed by atoms with Gasteiger partial charge < -0.3 is 5.32 Å². The van der Waals surface area contributed by atoms with E-state index in [0.717, 1.165) is 31.7 Å². The van der Waals surface area contributed by atoms with E-state index in [4.69, 9.17) is 0 Å². The molecule has 1 saturated heterocycles. The predicted molar refractivity (Wildman–Crippen MR) is 106 cm³/mol. The fourth-order valence-corrected chi connectivity index (χ4v) is 3.68. The maximum absolute atomic E-state index is 12.9. The van der Waals surface area contributed by atoms with Gasteiger partial charge in [-0.3, -0.25) is 19.4 Å². The molecule has 0 aliphatic carbocycles. The molecule has 2 heterocycles. The number of hydrogen-bond acceptors (Lipinski definition) is 4. The highest BCUT2D eigenvalue weighted by molar-refractivity contribution is 6.21. The van der Waals surface area contributed by atoms with Crippen LogP contribution in [0.15, 0.2) is 60.7 Å². The topological polar surface area (TPSA) is 52.7 Å². The average Bonchev–Trinajstić information content (AvgIpc) is 2.98. The van der Waals surface area contributed by atoms with Crippen LogP contribution in [-0.4, -0.2) is 60.4 Å². The highest BCUT2D eigenvalue weighted by atomic mass is 16.2. The third-order valence-electron chi connectivity index (χ3n) is 5.12. The largest absolute Gasteiger partial charge is 0.314 e. The van der Waals surface area contributed by atoms with E-state index in [0.29, 0.717) is 17.7 Å². The van der Waals surface area contributed by atoms with Crippen molar-refractivity contribution >= 4 is 17.9 Å². The van der Waals surface area contributed by atoms with Crippen LogP contribution in [0.25, 0.3) is 6.08 Å². The van der Waals surface area contributed by atoms with Crippen LogP contribution in [0.4, 0.5) is 0 Å². The van der Waals surface area contributed by atoms with Gasteiger partial charge in [0.2, 0.25) is 0 Å². The van der Waals surface area contributed by atoms with E-state index in [9.17, 15) is 9.59 Å². The Morgan fingerprint density at radius 2 is 1.48 bits per heavy atom. The van der Waals surface area contributed by atoms with Crippen LogP contribution in [0.3, 0.4) is 0 Å². The number of nitrogens with zero attached hydrogens (tertiary/aromatic N) is 2. The first kappa shape index (κ1) is 17.6. The molecule has 0 bridgehead atoms. The predicted octanol–water partition coefficient (Wildman–Crippen LogP) is 2.27. The molecule has 2 aromatic carbocycles. The molecule has 0 aromatic heterocycles. The molecule has 5 heteroatoms. The van der Waals surface area contributed by atoms with Gasteiger partial charge in [-0.15, -0.1) is 0 Å². The summed E-state index contributed by atoms with van der Waals surface area (Å²) in [5.74, 6) is -0.401. The molecular weight excluding hydrogens is 338 g/mol. The van der Waals surface area contributed by atoms with Crippen molar-refractivity contribution in [2.24, 2.45) is 0 Å². The van der Waals surface area contributed by atoms with Gasteiger partial charge in [-0.25, -0.2) is 0 Å². The van der Waals surface area contributed by atoms with Gasteiger partial charge >= 0.3 is 0 Å². The van der Waals surface area contributed by atoms with Crippen molar-refractivity contribution in [1.29, 1.82) is 0 Å². The van der Waals surface area contributed by atoms with Crippen LogP contribution in [0.2, 0.25) is 0 Å². The first-order valence-electron chi connectivity index (χ1n) is 9.37. The molecule has 2 amide bonds. The molecule has 2 aromatic rings. The number of piperazine rings is 1. The summed E-state index contributed by atoms with van der Waals surface area (Å²) in [5, 5.41) is 3.34. The lowest BCUT2D eigenvalue weighted by Crippen LogP contribution is -2.51. The lowest BCUT2D eigenvalue weighted by molar-refractivity contribution is 0.0580. The zero-order valence-electron chi connectivity index (χ0n) is 15.2. The Hall–Kier alpha value is -2.76. The maximum atomic E-state index is 12.9. The summed E-state index contributed by atoms with van der Waals surface area (Å²) >= 11 is 0. The van der Waals surface area contributed by atoms with Crippen molar-refractivity contribution in [3.8, 4) is 0 Å². The van der Waals surface area contributed by atoms with Crippen LogP contribution < -0.4 is 5.32 Å². The molecule has 0 radical (unpaired) electrons. The van der Waals surface area contributed by atoms with Crippen LogP contribution in [0.5, 0.6) is 0 Å². The SMILES string of the molecule is O=C1c2ccccc2C(=O)N1C(/C=C/c1ccccc1)CN1CCNCC1. The van der Waals surface area contributed by atoms with Crippen LogP contribution in [0.1, 0.15) is 26.3 Å². The Bertz CT molecular complexity index is 822. The molecule has 2 aliphatic rings. The van der Waals surface area contributed by atoms with Gasteiger partial charge in [-0.2, -0.15) is 0 Å². The summed E-state index contributed by atoms with van der Waals surface area (Å²) in [6.45, 7) is 4.34. The molecule has 5 nitrogen and oxygen atoms in total. The van der Waals surface area contributed by atoms with Gasteiger partial charge in [-0.1, -0.05) is 54.6 Å². The lowest BCUT2D eigenvalue weighted by atomic mass is 10.1. The molecule has 1 atom stereocenters. The number of fused-ring (bicyclic) bond motifs is 1. The number of carbonyl (C=O) groups is 2. The Morgan fingerprint density at radius 1 is 0.889 bits per heavy atom. The van der Waals surface area contributed by atoms with Gasteiger partial charge in [0.1, 0.15) is 0 Å². The fourth-order valence-electron chi connectivity index (χ4n) is 3.68. The van der Waals surface area contributed by atoms with Gasteiger partial charge in [0, 0.05) is 32.7 Å². The number of benzene rings is 2. The fraction of sp³-hybridized carbons (Fsp3) is 0.273. The van der Waals surface area contributed by atoms with E-state index in [-0.39, 0.29) is 17.9 Å². The van der Waals surface area contributed by atoms with Crippen LogP contribution in [-0.2, 0) is 0 Å². The smallest absolute Gasteiger partial charge is 0.262 e. The normalized spacial score (nSPS) is 18.9. The number of imide groups is 1. The number of amides is 2. The molecule has 27 heavy (non-hydrogen) atoms. The first-order valence-corrected chi connectivity index (χ1v) is 9.37. The quantitative estimate of drug-likeness (QED) is 0.830. The average molecular weight is 361 g/mol. The van der Waals surface area contributed by atoms with E-state index in [1.54, 1.807) is 24.3 Å². The summed E-state index contributed by atoms with van der Waals surface area (Å²) < 4.78 is 0. The summed E-state index contributed by atoms with van der Waals surface area (Å²) in [7, 11) is 0. The molecular formula is C22H23N3O2. The van der Waals surface area contributed by atoms with Crippen molar-refractivity contribution in [1.82, 2.24) is 15.1 Å². The number of carbonyl (C=O) groups excluding carboxylic acids is 2. The Kier molecular flexibility index (Phi) is 5.14. The molecule has 1 unspecified atom stereocenters. The van der Waals surface area contributed by atoms with Crippen molar-refractivity contribution in [2.75, 3.05) is 32.7 Å². The zero-order valence-corrected chi connectivity index (χ0v) is 15.2. The molecule has 0 spiro atoms. The van der Waals surface area contributed by atoms with E-state index in [1.165, 1.54) is 4.90 Å². The van der Waals surface area contributed by atoms with Gasteiger partial charge in [0.25, 0.3) is 11.8 Å². The van der Waals surface area contributed by atoms with Crippen molar-refractivity contribution in [3.63, 3.8) is 0 Å². The number of nitrogens with one attached hydrogen (secondary N) is 1. The van der Waals surface area contributed by atoms with Gasteiger partial charge in [-0.05, 0) is 17.7 Å². The summed E-state index contributed by atoms with van der Waals surface area (Å²) in [4.78, 5) is 29.6. The molecule has 2 aliphatic heterocycles. The lowest BCUT2D eigenvalue weighted by Gasteiger charge is -2.33. The second-order valence-corrected chi connectivity index (χ2v) is 6.91. The molecule has 1 fully saturated rings. The summed E-state index contributed by atoms with van der Waals surface area (Å²) in [6.07, 6.45) is 3.98. The monoisotopic (exact) mass is 361 g/mol.